The number of nitrogens with two attached hydrogens (primary N) is 1. The van der Waals surface area contributed by atoms with Gasteiger partial charge in [0.25, 0.3) is 0 Å². The van der Waals surface area contributed by atoms with Crippen molar-refractivity contribution in [2.24, 2.45) is 5.73 Å². The first-order valence-corrected chi connectivity index (χ1v) is 9.79. The number of benzene rings is 1. The quantitative estimate of drug-likeness (QED) is 0.844. The fraction of sp³-hybridized carbons (Fsp3) is 0.500. The molecule has 0 heterocycles. The van der Waals surface area contributed by atoms with Crippen LogP contribution < -0.4 is 10.2 Å². The van der Waals surface area contributed by atoms with Crippen molar-refractivity contribution in [2.45, 2.75) is 32.5 Å². The van der Waals surface area contributed by atoms with Crippen molar-refractivity contribution in [3.05, 3.63) is 28.2 Å². The number of halogens is 1. The maximum atomic E-state index is 5.98. The molecule has 16 heavy (non-hydrogen) atoms. The summed E-state index contributed by atoms with van der Waals surface area (Å²) in [5.41, 5.74) is 6.80. The number of hydrogen-bond donors (Lipinski definition) is 1. The summed E-state index contributed by atoms with van der Waals surface area (Å²) in [6.07, 6.45) is 2.03. The minimum Gasteiger partial charge on any atom is -0.544 e. The Bertz CT molecular complexity index is 349. The van der Waals surface area contributed by atoms with Gasteiger partial charge in [0.1, 0.15) is 5.75 Å². The zero-order valence-corrected chi connectivity index (χ0v) is 12.8. The Labute approximate surface area is 107 Å². The van der Waals surface area contributed by atoms with Crippen molar-refractivity contribution in [2.75, 3.05) is 6.54 Å². The highest BCUT2D eigenvalue weighted by Gasteiger charge is 2.16. The van der Waals surface area contributed by atoms with Crippen LogP contribution in [-0.2, 0) is 6.42 Å². The molecule has 0 aromatic heterocycles. The van der Waals surface area contributed by atoms with E-state index >= 15 is 0 Å². The Kier molecular flexibility index (Phi) is 5.02. The summed E-state index contributed by atoms with van der Waals surface area (Å²) in [5, 5.41) is 0. The lowest BCUT2D eigenvalue weighted by atomic mass is 10.1. The molecule has 0 saturated carbocycles. The number of rotatable bonds is 5. The van der Waals surface area contributed by atoms with Crippen LogP contribution in [0.25, 0.3) is 0 Å². The molecule has 0 aliphatic rings. The Morgan fingerprint density at radius 3 is 2.50 bits per heavy atom. The van der Waals surface area contributed by atoms with Gasteiger partial charge in [-0.05, 0) is 62.8 Å². The summed E-state index contributed by atoms with van der Waals surface area (Å²) < 4.78 is 7.06. The molecule has 0 aliphatic heterocycles. The molecule has 0 saturated heterocycles. The molecule has 0 radical (unpaired) electrons. The van der Waals surface area contributed by atoms with E-state index in [1.807, 2.05) is 6.07 Å². The molecule has 0 spiro atoms. The summed E-state index contributed by atoms with van der Waals surface area (Å²) in [7, 11) is -1.52. The van der Waals surface area contributed by atoms with Crippen molar-refractivity contribution in [1.82, 2.24) is 0 Å². The highest BCUT2D eigenvalue weighted by Crippen LogP contribution is 2.24. The molecule has 2 N–H and O–H groups in total. The summed E-state index contributed by atoms with van der Waals surface area (Å²) in [6, 6.07) is 6.29. The van der Waals surface area contributed by atoms with Crippen LogP contribution in [0, 0.1) is 0 Å². The summed E-state index contributed by atoms with van der Waals surface area (Å²) in [6.45, 7) is 7.30. The van der Waals surface area contributed by atoms with Gasteiger partial charge in [-0.15, -0.1) is 0 Å². The minimum absolute atomic E-state index is 0.733. The monoisotopic (exact) mass is 301 g/mol. The molecule has 0 atom stereocenters. The molecule has 4 heteroatoms. The summed E-state index contributed by atoms with van der Waals surface area (Å²) >= 11 is 3.52. The van der Waals surface area contributed by atoms with Crippen molar-refractivity contribution < 1.29 is 4.43 Å². The van der Waals surface area contributed by atoms with E-state index in [2.05, 4.69) is 47.7 Å². The first-order valence-electron chi connectivity index (χ1n) is 5.59. The van der Waals surface area contributed by atoms with E-state index in [1.54, 1.807) is 0 Å². The Morgan fingerprint density at radius 2 is 1.94 bits per heavy atom. The van der Waals surface area contributed by atoms with Gasteiger partial charge in [0.15, 0.2) is 0 Å². The summed E-state index contributed by atoms with van der Waals surface area (Å²) in [4.78, 5) is 0. The first kappa shape index (κ1) is 13.7. The predicted molar refractivity (Wildman–Crippen MR) is 75.5 cm³/mol. The fourth-order valence-electron chi connectivity index (χ4n) is 1.48. The Morgan fingerprint density at radius 1 is 1.25 bits per heavy atom. The fourth-order valence-corrected chi connectivity index (χ4v) is 2.83. The van der Waals surface area contributed by atoms with Crippen LogP contribution in [0.3, 0.4) is 0 Å². The van der Waals surface area contributed by atoms with Crippen molar-refractivity contribution in [3.8, 4) is 5.75 Å². The highest BCUT2D eigenvalue weighted by atomic mass is 79.9. The van der Waals surface area contributed by atoms with Gasteiger partial charge < -0.3 is 10.2 Å². The number of aryl methyl sites for hydroxylation is 1. The maximum absolute atomic E-state index is 5.98. The molecule has 1 aromatic carbocycles. The van der Waals surface area contributed by atoms with Crippen molar-refractivity contribution >= 4 is 24.2 Å². The van der Waals surface area contributed by atoms with Gasteiger partial charge in [0.2, 0.25) is 8.32 Å². The van der Waals surface area contributed by atoms with Gasteiger partial charge >= 0.3 is 0 Å². The zero-order valence-electron chi connectivity index (χ0n) is 10.2. The molecule has 1 rings (SSSR count). The van der Waals surface area contributed by atoms with Crippen LogP contribution in [0.5, 0.6) is 5.75 Å². The topological polar surface area (TPSA) is 35.2 Å². The predicted octanol–water partition coefficient (Wildman–Crippen LogP) is 3.55. The first-order chi connectivity index (χ1) is 7.40. The maximum Gasteiger partial charge on any atom is 0.242 e. The van der Waals surface area contributed by atoms with Crippen LogP contribution in [0.2, 0.25) is 19.6 Å². The molecule has 1 aromatic rings. The lowest BCUT2D eigenvalue weighted by molar-refractivity contribution is 0.556. The third kappa shape index (κ3) is 5.14. The molecule has 0 unspecified atom stereocenters. The zero-order chi connectivity index (χ0) is 12.2. The molecule has 0 fully saturated rings. The van der Waals surface area contributed by atoms with E-state index in [0.717, 1.165) is 29.6 Å². The van der Waals surface area contributed by atoms with E-state index in [0.29, 0.717) is 0 Å². The third-order valence-electron chi connectivity index (χ3n) is 2.02. The minimum atomic E-state index is -1.52. The molecule has 0 aliphatic carbocycles. The largest absolute Gasteiger partial charge is 0.544 e. The summed E-state index contributed by atoms with van der Waals surface area (Å²) in [5.74, 6) is 0.973. The van der Waals surface area contributed by atoms with E-state index < -0.39 is 8.32 Å². The van der Waals surface area contributed by atoms with Crippen LogP contribution in [0.1, 0.15) is 12.0 Å². The van der Waals surface area contributed by atoms with E-state index in [-0.39, 0.29) is 0 Å². The van der Waals surface area contributed by atoms with Crippen LogP contribution in [0.15, 0.2) is 22.7 Å². The highest BCUT2D eigenvalue weighted by molar-refractivity contribution is 9.10. The lowest BCUT2D eigenvalue weighted by Crippen LogP contribution is -2.29. The van der Waals surface area contributed by atoms with Gasteiger partial charge in [-0.25, -0.2) is 0 Å². The second-order valence-corrected chi connectivity index (χ2v) is 10.2. The molecule has 0 bridgehead atoms. The Balaban J connectivity index is 2.81. The molecule has 2 nitrogen and oxygen atoms in total. The molecule has 0 amide bonds. The van der Waals surface area contributed by atoms with Gasteiger partial charge in [0.05, 0.1) is 0 Å². The van der Waals surface area contributed by atoms with Gasteiger partial charge in [-0.1, -0.05) is 15.9 Å². The standard InChI is InChI=1S/C12H20BrNOSi/c1-16(2,3)15-12-8-10(5-4-6-14)7-11(13)9-12/h7-9H,4-6,14H2,1-3H3. The average molecular weight is 302 g/mol. The van der Waals surface area contributed by atoms with Crippen LogP contribution in [-0.4, -0.2) is 14.9 Å². The number of hydrogen-bond acceptors (Lipinski definition) is 2. The van der Waals surface area contributed by atoms with Crippen LogP contribution in [0.4, 0.5) is 0 Å². The van der Waals surface area contributed by atoms with E-state index in [1.165, 1.54) is 5.56 Å². The normalized spacial score (nSPS) is 11.6. The smallest absolute Gasteiger partial charge is 0.242 e. The molecular formula is C12H20BrNOSi. The molecular weight excluding hydrogens is 282 g/mol. The lowest BCUT2D eigenvalue weighted by Gasteiger charge is -2.20. The van der Waals surface area contributed by atoms with Gasteiger partial charge in [-0.2, -0.15) is 0 Å². The Hall–Kier alpha value is -0.323. The second-order valence-electron chi connectivity index (χ2n) is 4.90. The van der Waals surface area contributed by atoms with Crippen molar-refractivity contribution in [1.29, 1.82) is 0 Å². The van der Waals surface area contributed by atoms with E-state index in [9.17, 15) is 0 Å². The van der Waals surface area contributed by atoms with Gasteiger partial charge in [0, 0.05) is 4.47 Å². The SMILES string of the molecule is C[Si](C)(C)Oc1cc(Br)cc(CCCN)c1. The third-order valence-corrected chi connectivity index (χ3v) is 3.33. The van der Waals surface area contributed by atoms with Crippen LogP contribution >= 0.6 is 15.9 Å². The van der Waals surface area contributed by atoms with E-state index in [4.69, 9.17) is 10.2 Å². The van der Waals surface area contributed by atoms with Crippen molar-refractivity contribution in [3.63, 3.8) is 0 Å². The van der Waals surface area contributed by atoms with Gasteiger partial charge in [-0.3, -0.25) is 0 Å². The molecule has 90 valence electrons. The average Bonchev–Trinajstić information content (AvgIpc) is 2.10. The second kappa shape index (κ2) is 5.84.